The number of hydrogen-bond donors (Lipinski definition) is 0. The van der Waals surface area contributed by atoms with Gasteiger partial charge in [0.25, 0.3) is 0 Å². The van der Waals surface area contributed by atoms with Crippen LogP contribution < -0.4 is 4.74 Å². The molecule has 0 bridgehead atoms. The van der Waals surface area contributed by atoms with E-state index in [0.29, 0.717) is 23.1 Å². The van der Waals surface area contributed by atoms with E-state index < -0.39 is 0 Å². The summed E-state index contributed by atoms with van der Waals surface area (Å²) in [4.78, 5) is 0. The molecule has 2 aromatic rings. The van der Waals surface area contributed by atoms with Crippen molar-refractivity contribution in [3.8, 4) is 17.7 Å². The number of aromatic nitrogens is 2. The quantitative estimate of drug-likeness (QED) is 0.845. The number of ether oxygens (including phenoxy) is 1. The molecule has 0 N–H and O–H groups in total. The third kappa shape index (κ3) is 2.53. The molecule has 1 atom stereocenters. The van der Waals surface area contributed by atoms with E-state index in [1.165, 1.54) is 0 Å². The van der Waals surface area contributed by atoms with Crippen molar-refractivity contribution in [2.45, 2.75) is 33.1 Å². The zero-order valence-corrected chi connectivity index (χ0v) is 12.3. The van der Waals surface area contributed by atoms with E-state index in [4.69, 9.17) is 4.74 Å². The van der Waals surface area contributed by atoms with Crippen LogP contribution in [0.3, 0.4) is 0 Å². The summed E-state index contributed by atoms with van der Waals surface area (Å²) >= 11 is 0. The van der Waals surface area contributed by atoms with Crippen LogP contribution in [0.2, 0.25) is 0 Å². The topological polar surface area (TPSA) is 50.8 Å². The van der Waals surface area contributed by atoms with E-state index in [-0.39, 0.29) is 0 Å². The third-order valence-corrected chi connectivity index (χ3v) is 3.55. The molecular weight excluding hydrogens is 250 g/mol. The van der Waals surface area contributed by atoms with Crippen molar-refractivity contribution >= 4 is 0 Å². The lowest BCUT2D eigenvalue weighted by molar-refractivity contribution is 0.421. The molecule has 1 unspecified atom stereocenters. The molecule has 1 aromatic carbocycles. The van der Waals surface area contributed by atoms with Crippen LogP contribution in [0.4, 0.5) is 0 Å². The number of para-hydroxylation sites is 1. The average Bonchev–Trinajstić information content (AvgIpc) is 2.72. The van der Waals surface area contributed by atoms with Gasteiger partial charge in [-0.1, -0.05) is 32.0 Å². The van der Waals surface area contributed by atoms with Crippen LogP contribution in [0.5, 0.6) is 11.6 Å². The van der Waals surface area contributed by atoms with Gasteiger partial charge in [-0.3, -0.25) is 0 Å². The molecule has 0 radical (unpaired) electrons. The molecule has 4 nitrogen and oxygen atoms in total. The Morgan fingerprint density at radius 1 is 1.40 bits per heavy atom. The van der Waals surface area contributed by atoms with Crippen molar-refractivity contribution in [3.63, 3.8) is 0 Å². The van der Waals surface area contributed by atoms with Crippen molar-refractivity contribution < 1.29 is 4.74 Å². The van der Waals surface area contributed by atoms with Gasteiger partial charge >= 0.3 is 0 Å². The Morgan fingerprint density at radius 3 is 2.75 bits per heavy atom. The zero-order chi connectivity index (χ0) is 14.7. The number of hydrogen-bond acceptors (Lipinski definition) is 3. The second kappa shape index (κ2) is 5.79. The molecule has 1 aromatic heterocycles. The molecule has 0 saturated carbocycles. The Morgan fingerprint density at radius 2 is 2.10 bits per heavy atom. The minimum absolute atomic E-state index is 0.408. The van der Waals surface area contributed by atoms with E-state index in [1.807, 2.05) is 25.1 Å². The summed E-state index contributed by atoms with van der Waals surface area (Å²) in [6, 6.07) is 10.1. The Balaban J connectivity index is 2.44. The van der Waals surface area contributed by atoms with Gasteiger partial charge in [-0.15, -0.1) is 0 Å². The highest BCUT2D eigenvalue weighted by Crippen LogP contribution is 2.33. The molecular formula is C16H19N3O. The standard InChI is InChI=1S/C16H19N3O/c1-5-11(2)13-8-6-7-9-15(13)20-16-14(10-17)12(3)18-19(16)4/h6-9,11H,5H2,1-4H3. The second-order valence-corrected chi connectivity index (χ2v) is 4.95. The van der Waals surface area contributed by atoms with Gasteiger partial charge in [-0.05, 0) is 30.9 Å². The van der Waals surface area contributed by atoms with Crippen molar-refractivity contribution in [2.24, 2.45) is 7.05 Å². The van der Waals surface area contributed by atoms with E-state index in [0.717, 1.165) is 17.7 Å². The summed E-state index contributed by atoms with van der Waals surface area (Å²) in [7, 11) is 1.79. The minimum atomic E-state index is 0.408. The molecule has 0 saturated heterocycles. The summed E-state index contributed by atoms with van der Waals surface area (Å²) in [5.41, 5.74) is 2.33. The molecule has 0 fully saturated rings. The lowest BCUT2D eigenvalue weighted by atomic mass is 9.98. The van der Waals surface area contributed by atoms with Gasteiger partial charge in [0.1, 0.15) is 17.4 Å². The molecule has 0 aliphatic heterocycles. The summed E-state index contributed by atoms with van der Waals surface area (Å²) in [6.07, 6.45) is 1.04. The molecule has 4 heteroatoms. The van der Waals surface area contributed by atoms with Gasteiger partial charge < -0.3 is 4.74 Å². The van der Waals surface area contributed by atoms with Crippen LogP contribution in [0.1, 0.15) is 43.0 Å². The maximum atomic E-state index is 9.23. The highest BCUT2D eigenvalue weighted by Gasteiger charge is 2.17. The number of aryl methyl sites for hydroxylation is 2. The fraction of sp³-hybridized carbons (Fsp3) is 0.375. The molecule has 20 heavy (non-hydrogen) atoms. The Kier molecular flexibility index (Phi) is 4.09. The summed E-state index contributed by atoms with van der Waals surface area (Å²) in [5.74, 6) is 1.70. The van der Waals surface area contributed by atoms with E-state index >= 15 is 0 Å². The second-order valence-electron chi connectivity index (χ2n) is 4.95. The predicted octanol–water partition coefficient (Wildman–Crippen LogP) is 3.91. The van der Waals surface area contributed by atoms with Crippen molar-refractivity contribution in [1.29, 1.82) is 5.26 Å². The van der Waals surface area contributed by atoms with Gasteiger partial charge in [0.15, 0.2) is 0 Å². The Bertz CT molecular complexity index is 652. The van der Waals surface area contributed by atoms with Crippen LogP contribution >= 0.6 is 0 Å². The van der Waals surface area contributed by atoms with Gasteiger partial charge in [0, 0.05) is 7.05 Å². The number of nitriles is 1. The molecule has 0 aliphatic rings. The van der Waals surface area contributed by atoms with Crippen molar-refractivity contribution in [3.05, 3.63) is 41.1 Å². The highest BCUT2D eigenvalue weighted by atomic mass is 16.5. The van der Waals surface area contributed by atoms with E-state index in [9.17, 15) is 5.26 Å². The maximum Gasteiger partial charge on any atom is 0.235 e. The van der Waals surface area contributed by atoms with Gasteiger partial charge in [0.05, 0.1) is 5.69 Å². The largest absolute Gasteiger partial charge is 0.438 e. The first kappa shape index (κ1) is 14.1. The van der Waals surface area contributed by atoms with Crippen molar-refractivity contribution in [1.82, 2.24) is 9.78 Å². The monoisotopic (exact) mass is 269 g/mol. The minimum Gasteiger partial charge on any atom is -0.438 e. The Labute approximate surface area is 119 Å². The fourth-order valence-corrected chi connectivity index (χ4v) is 2.19. The normalized spacial score (nSPS) is 11.9. The van der Waals surface area contributed by atoms with Gasteiger partial charge in [-0.25, -0.2) is 4.68 Å². The first-order valence-corrected chi connectivity index (χ1v) is 6.79. The van der Waals surface area contributed by atoms with Crippen LogP contribution in [0.15, 0.2) is 24.3 Å². The zero-order valence-electron chi connectivity index (χ0n) is 12.3. The summed E-state index contributed by atoms with van der Waals surface area (Å²) in [6.45, 7) is 6.13. The summed E-state index contributed by atoms with van der Waals surface area (Å²) < 4.78 is 7.60. The first-order chi connectivity index (χ1) is 9.58. The number of rotatable bonds is 4. The third-order valence-electron chi connectivity index (χ3n) is 3.55. The molecule has 104 valence electrons. The summed E-state index contributed by atoms with van der Waals surface area (Å²) in [5, 5.41) is 13.5. The van der Waals surface area contributed by atoms with E-state index in [2.05, 4.69) is 31.1 Å². The van der Waals surface area contributed by atoms with E-state index in [1.54, 1.807) is 11.7 Å². The highest BCUT2D eigenvalue weighted by molar-refractivity contribution is 5.46. The smallest absolute Gasteiger partial charge is 0.235 e. The van der Waals surface area contributed by atoms with Crippen LogP contribution in [-0.2, 0) is 7.05 Å². The van der Waals surface area contributed by atoms with Crippen LogP contribution in [0, 0.1) is 18.3 Å². The number of benzene rings is 1. The Hall–Kier alpha value is -2.28. The first-order valence-electron chi connectivity index (χ1n) is 6.79. The molecule has 0 spiro atoms. The SMILES string of the molecule is CCC(C)c1ccccc1Oc1c(C#N)c(C)nn1C. The number of nitrogens with zero attached hydrogens (tertiary/aromatic N) is 3. The van der Waals surface area contributed by atoms with Crippen LogP contribution in [0.25, 0.3) is 0 Å². The van der Waals surface area contributed by atoms with Crippen molar-refractivity contribution in [2.75, 3.05) is 0 Å². The maximum absolute atomic E-state index is 9.23. The van der Waals surface area contributed by atoms with Gasteiger partial charge in [0.2, 0.25) is 5.88 Å². The predicted molar refractivity (Wildman–Crippen MR) is 77.9 cm³/mol. The molecule has 0 aliphatic carbocycles. The molecule has 1 heterocycles. The average molecular weight is 269 g/mol. The van der Waals surface area contributed by atoms with Crippen LogP contribution in [-0.4, -0.2) is 9.78 Å². The fourth-order valence-electron chi connectivity index (χ4n) is 2.19. The lowest BCUT2D eigenvalue weighted by Crippen LogP contribution is -2.00. The lowest BCUT2D eigenvalue weighted by Gasteiger charge is -2.15. The van der Waals surface area contributed by atoms with Gasteiger partial charge in [-0.2, -0.15) is 10.4 Å². The molecule has 0 amide bonds. The molecule has 2 rings (SSSR count).